The summed E-state index contributed by atoms with van der Waals surface area (Å²) in [5, 5.41) is 4.44. The minimum atomic E-state index is -0.190. The molecule has 4 nitrogen and oxygen atoms in total. The van der Waals surface area contributed by atoms with Crippen LogP contribution in [0.2, 0.25) is 0 Å². The second kappa shape index (κ2) is 3.82. The highest BCUT2D eigenvalue weighted by Gasteiger charge is 2.47. The molecule has 0 amide bonds. The minimum absolute atomic E-state index is 0.0298. The standard InChI is InChI=1S/C13H23N3O/c1-9(14)10-7-15-16(8-10)11-6-12(2,3)17-13(11,4)5/h7-9,11H,6,14H2,1-5H3. The van der Waals surface area contributed by atoms with E-state index in [0.717, 1.165) is 12.0 Å². The van der Waals surface area contributed by atoms with Gasteiger partial charge in [-0.1, -0.05) is 0 Å². The maximum atomic E-state index is 6.08. The zero-order valence-electron chi connectivity index (χ0n) is 11.4. The number of hydrogen-bond acceptors (Lipinski definition) is 3. The molecule has 0 saturated carbocycles. The molecule has 1 saturated heterocycles. The number of aromatic nitrogens is 2. The van der Waals surface area contributed by atoms with Gasteiger partial charge in [-0.25, -0.2) is 0 Å². The van der Waals surface area contributed by atoms with E-state index >= 15 is 0 Å². The lowest BCUT2D eigenvalue weighted by molar-refractivity contribution is -0.0737. The number of hydrogen-bond donors (Lipinski definition) is 1. The van der Waals surface area contributed by atoms with E-state index in [0.29, 0.717) is 0 Å². The molecule has 2 heterocycles. The first kappa shape index (κ1) is 12.6. The highest BCUT2D eigenvalue weighted by atomic mass is 16.5. The first-order chi connectivity index (χ1) is 7.71. The molecule has 0 spiro atoms. The molecule has 2 rings (SSSR count). The third kappa shape index (κ3) is 2.38. The van der Waals surface area contributed by atoms with Gasteiger partial charge in [-0.05, 0) is 34.6 Å². The fourth-order valence-electron chi connectivity index (χ4n) is 2.70. The van der Waals surface area contributed by atoms with Crippen LogP contribution < -0.4 is 5.73 Å². The van der Waals surface area contributed by atoms with Crippen LogP contribution in [0.4, 0.5) is 0 Å². The number of rotatable bonds is 2. The van der Waals surface area contributed by atoms with Gasteiger partial charge in [0.2, 0.25) is 0 Å². The molecule has 17 heavy (non-hydrogen) atoms. The van der Waals surface area contributed by atoms with Gasteiger partial charge in [0.05, 0.1) is 23.4 Å². The van der Waals surface area contributed by atoms with Crippen LogP contribution in [-0.4, -0.2) is 21.0 Å². The molecule has 2 atom stereocenters. The van der Waals surface area contributed by atoms with Crippen LogP contribution in [0.15, 0.2) is 12.4 Å². The zero-order chi connectivity index (χ0) is 12.8. The Hall–Kier alpha value is -0.870. The minimum Gasteiger partial charge on any atom is -0.367 e. The normalized spacial score (nSPS) is 28.2. The number of ether oxygens (including phenoxy) is 1. The summed E-state index contributed by atoms with van der Waals surface area (Å²) < 4.78 is 8.09. The summed E-state index contributed by atoms with van der Waals surface area (Å²) >= 11 is 0. The maximum Gasteiger partial charge on any atom is 0.0857 e. The van der Waals surface area contributed by atoms with E-state index in [1.165, 1.54) is 0 Å². The van der Waals surface area contributed by atoms with E-state index in [4.69, 9.17) is 10.5 Å². The Balaban J connectivity index is 2.27. The molecule has 4 heteroatoms. The van der Waals surface area contributed by atoms with E-state index in [2.05, 4.69) is 32.8 Å². The van der Waals surface area contributed by atoms with E-state index in [1.807, 2.05) is 24.0 Å². The van der Waals surface area contributed by atoms with Crippen molar-refractivity contribution in [3.63, 3.8) is 0 Å². The van der Waals surface area contributed by atoms with Crippen LogP contribution in [0, 0.1) is 0 Å². The Morgan fingerprint density at radius 1 is 1.47 bits per heavy atom. The van der Waals surface area contributed by atoms with Crippen molar-refractivity contribution in [2.24, 2.45) is 5.73 Å². The van der Waals surface area contributed by atoms with E-state index < -0.39 is 0 Å². The quantitative estimate of drug-likeness (QED) is 0.859. The van der Waals surface area contributed by atoms with Crippen molar-refractivity contribution < 1.29 is 4.74 Å². The molecular formula is C13H23N3O. The van der Waals surface area contributed by atoms with Gasteiger partial charge in [0.1, 0.15) is 0 Å². The average Bonchev–Trinajstić information content (AvgIpc) is 2.67. The second-order valence-corrected chi connectivity index (χ2v) is 6.23. The van der Waals surface area contributed by atoms with Crippen LogP contribution in [0.3, 0.4) is 0 Å². The Morgan fingerprint density at radius 3 is 2.53 bits per heavy atom. The Bertz CT molecular complexity index is 407. The third-order valence-electron chi connectivity index (χ3n) is 3.49. The van der Waals surface area contributed by atoms with Crippen molar-refractivity contribution in [1.82, 2.24) is 9.78 Å². The maximum absolute atomic E-state index is 6.08. The molecule has 0 bridgehead atoms. The highest BCUT2D eigenvalue weighted by Crippen LogP contribution is 2.44. The molecular weight excluding hydrogens is 214 g/mol. The first-order valence-electron chi connectivity index (χ1n) is 6.21. The molecule has 0 aromatic carbocycles. The van der Waals surface area contributed by atoms with Crippen molar-refractivity contribution in [3.8, 4) is 0 Å². The largest absolute Gasteiger partial charge is 0.367 e. The lowest BCUT2D eigenvalue weighted by Crippen LogP contribution is -2.31. The number of nitrogens with two attached hydrogens (primary N) is 1. The molecule has 1 aromatic rings. The summed E-state index contributed by atoms with van der Waals surface area (Å²) in [7, 11) is 0. The molecule has 1 aliphatic heterocycles. The molecule has 0 aliphatic carbocycles. The highest BCUT2D eigenvalue weighted by molar-refractivity contribution is 5.10. The lowest BCUT2D eigenvalue weighted by atomic mass is 9.95. The molecule has 96 valence electrons. The van der Waals surface area contributed by atoms with Gasteiger partial charge in [0.15, 0.2) is 0 Å². The molecule has 0 radical (unpaired) electrons. The Kier molecular flexibility index (Phi) is 2.83. The van der Waals surface area contributed by atoms with Gasteiger partial charge in [-0.15, -0.1) is 0 Å². The van der Waals surface area contributed by atoms with Gasteiger partial charge >= 0.3 is 0 Å². The number of nitrogens with zero attached hydrogens (tertiary/aromatic N) is 2. The summed E-state index contributed by atoms with van der Waals surface area (Å²) in [6.45, 7) is 10.5. The fraction of sp³-hybridized carbons (Fsp3) is 0.769. The van der Waals surface area contributed by atoms with E-state index in [9.17, 15) is 0 Å². The van der Waals surface area contributed by atoms with E-state index in [1.54, 1.807) is 0 Å². The predicted octanol–water partition coefficient (Wildman–Crippen LogP) is 2.42. The van der Waals surface area contributed by atoms with Gasteiger partial charge in [-0.3, -0.25) is 4.68 Å². The SMILES string of the molecule is CC(N)c1cnn(C2CC(C)(C)OC2(C)C)c1. The van der Waals surface area contributed by atoms with Crippen LogP contribution in [0.5, 0.6) is 0 Å². The van der Waals surface area contributed by atoms with Crippen LogP contribution >= 0.6 is 0 Å². The van der Waals surface area contributed by atoms with Crippen molar-refractivity contribution >= 4 is 0 Å². The molecule has 1 aliphatic rings. The van der Waals surface area contributed by atoms with Crippen LogP contribution in [0.1, 0.15) is 58.7 Å². The molecule has 1 aromatic heterocycles. The summed E-state index contributed by atoms with van der Waals surface area (Å²) in [5.74, 6) is 0. The average molecular weight is 237 g/mol. The Labute approximate surface area is 103 Å². The summed E-state index contributed by atoms with van der Waals surface area (Å²) in [5.41, 5.74) is 6.66. The van der Waals surface area contributed by atoms with Crippen molar-refractivity contribution in [2.45, 2.75) is 64.3 Å². The van der Waals surface area contributed by atoms with Gasteiger partial charge < -0.3 is 10.5 Å². The zero-order valence-corrected chi connectivity index (χ0v) is 11.4. The topological polar surface area (TPSA) is 53.1 Å². The summed E-state index contributed by atoms with van der Waals surface area (Å²) in [4.78, 5) is 0. The second-order valence-electron chi connectivity index (χ2n) is 6.23. The van der Waals surface area contributed by atoms with Crippen LogP contribution in [0.25, 0.3) is 0 Å². The summed E-state index contributed by atoms with van der Waals surface area (Å²) in [6.07, 6.45) is 4.87. The molecule has 2 unspecified atom stereocenters. The van der Waals surface area contributed by atoms with Crippen LogP contribution in [-0.2, 0) is 4.74 Å². The Morgan fingerprint density at radius 2 is 2.12 bits per heavy atom. The monoisotopic (exact) mass is 237 g/mol. The van der Waals surface area contributed by atoms with Gasteiger partial charge in [0, 0.05) is 24.2 Å². The van der Waals surface area contributed by atoms with Gasteiger partial charge in [0.25, 0.3) is 0 Å². The van der Waals surface area contributed by atoms with Crippen molar-refractivity contribution in [3.05, 3.63) is 18.0 Å². The summed E-state index contributed by atoms with van der Waals surface area (Å²) in [6, 6.07) is 0.298. The van der Waals surface area contributed by atoms with Crippen molar-refractivity contribution in [2.75, 3.05) is 0 Å². The fourth-order valence-corrected chi connectivity index (χ4v) is 2.70. The first-order valence-corrected chi connectivity index (χ1v) is 6.21. The van der Waals surface area contributed by atoms with Crippen molar-refractivity contribution in [1.29, 1.82) is 0 Å². The van der Waals surface area contributed by atoms with Gasteiger partial charge in [-0.2, -0.15) is 5.10 Å². The predicted molar refractivity (Wildman–Crippen MR) is 67.7 cm³/mol. The van der Waals surface area contributed by atoms with E-state index in [-0.39, 0.29) is 23.3 Å². The molecule has 2 N–H and O–H groups in total. The lowest BCUT2D eigenvalue weighted by Gasteiger charge is -2.27. The smallest absolute Gasteiger partial charge is 0.0857 e. The molecule has 1 fully saturated rings. The third-order valence-corrected chi connectivity index (χ3v) is 3.49.